The molecule has 0 saturated heterocycles. The van der Waals surface area contributed by atoms with E-state index >= 15 is 0 Å². The molecule has 1 N–H and O–H groups in total. The van der Waals surface area contributed by atoms with Crippen LogP contribution in [-0.4, -0.2) is 28.3 Å². The lowest BCUT2D eigenvalue weighted by atomic mass is 10.1. The van der Waals surface area contributed by atoms with Gasteiger partial charge in [-0.1, -0.05) is 51.4 Å². The number of aliphatic hydroxyl groups is 1. The highest BCUT2D eigenvalue weighted by molar-refractivity contribution is 6.84. The molecule has 0 aliphatic heterocycles. The molecule has 0 unspecified atom stereocenters. The van der Waals surface area contributed by atoms with Gasteiger partial charge in [0.2, 0.25) is 0 Å². The largest absolute Gasteiger partial charge is 0.456 e. The van der Waals surface area contributed by atoms with E-state index in [0.717, 1.165) is 6.42 Å². The van der Waals surface area contributed by atoms with Gasteiger partial charge in [0.1, 0.15) is 0 Å². The summed E-state index contributed by atoms with van der Waals surface area (Å²) >= 11 is 0. The molecule has 0 amide bonds. The number of unbranched alkanes of at least 4 members (excludes halogenated alkanes) is 8. The zero-order valence-electron chi connectivity index (χ0n) is 14.6. The van der Waals surface area contributed by atoms with Crippen LogP contribution in [0.15, 0.2) is 0 Å². The summed E-state index contributed by atoms with van der Waals surface area (Å²) in [5, 5.41) is 8.70. The minimum absolute atomic E-state index is 0.360. The summed E-state index contributed by atoms with van der Waals surface area (Å²) in [6, 6.07) is 1.33. The lowest BCUT2D eigenvalue weighted by Gasteiger charge is -2.31. The number of aliphatic hydroxyl groups excluding tert-OH is 1. The fraction of sp³-hybridized carbons (Fsp3) is 1.00. The van der Waals surface area contributed by atoms with E-state index in [4.69, 9.17) is 9.22 Å². The fourth-order valence-electron chi connectivity index (χ4n) is 2.78. The topological polar surface area (TPSA) is 29.5 Å². The molecule has 0 aliphatic carbocycles. The summed E-state index contributed by atoms with van der Waals surface area (Å²) in [6.07, 6.45) is 11.7. The predicted octanol–water partition coefficient (Wildman–Crippen LogP) is 5.55. The fourth-order valence-corrected chi connectivity index (χ4v) is 10.9. The van der Waals surface area contributed by atoms with Gasteiger partial charge in [0, 0.05) is 6.61 Å². The molecular weight excluding hydrogens is 280 g/mol. The Labute approximate surface area is 129 Å². The summed E-state index contributed by atoms with van der Waals surface area (Å²) in [5.74, 6) is 0. The Morgan fingerprint density at radius 1 is 0.650 bits per heavy atom. The van der Waals surface area contributed by atoms with Crippen LogP contribution in [0.3, 0.4) is 0 Å². The molecule has 0 spiro atoms. The van der Waals surface area contributed by atoms with Crippen molar-refractivity contribution in [3.63, 3.8) is 0 Å². The quantitative estimate of drug-likeness (QED) is 0.356. The third-order valence-electron chi connectivity index (χ3n) is 3.52. The lowest BCUT2D eigenvalue weighted by Crippen LogP contribution is -2.42. The van der Waals surface area contributed by atoms with Crippen LogP contribution < -0.4 is 0 Å². The van der Waals surface area contributed by atoms with Crippen molar-refractivity contribution >= 4 is 16.6 Å². The normalized spacial score (nSPS) is 12.9. The van der Waals surface area contributed by atoms with E-state index in [1.54, 1.807) is 0 Å². The van der Waals surface area contributed by atoms with Crippen LogP contribution >= 0.6 is 0 Å². The van der Waals surface area contributed by atoms with E-state index in [1.807, 2.05) is 0 Å². The van der Waals surface area contributed by atoms with E-state index < -0.39 is 16.6 Å². The molecule has 0 aliphatic rings. The van der Waals surface area contributed by atoms with Crippen molar-refractivity contribution in [3.8, 4) is 0 Å². The molecule has 2 nitrogen and oxygen atoms in total. The van der Waals surface area contributed by atoms with Crippen LogP contribution in [0.2, 0.25) is 38.8 Å². The molecule has 122 valence electrons. The zero-order valence-corrected chi connectivity index (χ0v) is 16.6. The van der Waals surface area contributed by atoms with Gasteiger partial charge in [-0.2, -0.15) is 0 Å². The maximum absolute atomic E-state index is 8.70. The van der Waals surface area contributed by atoms with Crippen LogP contribution in [0.1, 0.15) is 57.8 Å². The Morgan fingerprint density at radius 3 is 1.45 bits per heavy atom. The summed E-state index contributed by atoms with van der Waals surface area (Å²) in [7, 11) is -2.74. The molecule has 4 heteroatoms. The Morgan fingerprint density at radius 2 is 1.05 bits per heavy atom. The first-order chi connectivity index (χ1) is 9.27. The van der Waals surface area contributed by atoms with Gasteiger partial charge in [-0.05, 0) is 45.2 Å². The summed E-state index contributed by atoms with van der Waals surface area (Å²) in [4.78, 5) is 0. The Balaban J connectivity index is 3.39. The molecular formula is C16H38O2Si2. The molecule has 20 heavy (non-hydrogen) atoms. The molecule has 0 radical (unpaired) electrons. The van der Waals surface area contributed by atoms with Crippen LogP contribution in [0.4, 0.5) is 0 Å². The van der Waals surface area contributed by atoms with Gasteiger partial charge in [-0.15, -0.1) is 0 Å². The van der Waals surface area contributed by atoms with E-state index in [1.165, 1.54) is 57.4 Å². The maximum Gasteiger partial charge on any atom is 0.173 e. The van der Waals surface area contributed by atoms with Crippen molar-refractivity contribution in [1.82, 2.24) is 0 Å². The highest BCUT2D eigenvalue weighted by Crippen LogP contribution is 2.21. The molecule has 0 fully saturated rings. The average Bonchev–Trinajstić information content (AvgIpc) is 2.28. The standard InChI is InChI=1S/C16H38O2Si2/c1-19(2,3)18-20(4,5)16-14-12-10-8-6-7-9-11-13-15-17/h17H,6-16H2,1-5H3. The molecule has 0 heterocycles. The average molecular weight is 319 g/mol. The Hall–Kier alpha value is 0.354. The van der Waals surface area contributed by atoms with Crippen molar-refractivity contribution in [2.75, 3.05) is 6.61 Å². The van der Waals surface area contributed by atoms with Crippen molar-refractivity contribution in [2.24, 2.45) is 0 Å². The first-order valence-electron chi connectivity index (χ1n) is 8.58. The zero-order chi connectivity index (χ0) is 15.5. The van der Waals surface area contributed by atoms with E-state index in [9.17, 15) is 0 Å². The van der Waals surface area contributed by atoms with Crippen LogP contribution in [0, 0.1) is 0 Å². The SMILES string of the molecule is C[Si](C)(C)O[Si](C)(C)CCCCCCCCCCCO. The second kappa shape index (κ2) is 11.0. The van der Waals surface area contributed by atoms with Gasteiger partial charge in [0.25, 0.3) is 0 Å². The highest BCUT2D eigenvalue weighted by atomic mass is 28.4. The summed E-state index contributed by atoms with van der Waals surface area (Å²) in [6.45, 7) is 12.0. The molecule has 0 saturated carbocycles. The van der Waals surface area contributed by atoms with Crippen molar-refractivity contribution in [3.05, 3.63) is 0 Å². The van der Waals surface area contributed by atoms with Gasteiger partial charge >= 0.3 is 0 Å². The third kappa shape index (κ3) is 14.8. The minimum atomic E-state index is -1.39. The lowest BCUT2D eigenvalue weighted by molar-refractivity contribution is 0.282. The van der Waals surface area contributed by atoms with Gasteiger partial charge in [-0.25, -0.2) is 0 Å². The van der Waals surface area contributed by atoms with Crippen molar-refractivity contribution in [2.45, 2.75) is 96.6 Å². The van der Waals surface area contributed by atoms with Crippen molar-refractivity contribution in [1.29, 1.82) is 0 Å². The number of hydrogen-bond donors (Lipinski definition) is 1. The first kappa shape index (κ1) is 20.4. The van der Waals surface area contributed by atoms with Crippen LogP contribution in [0.5, 0.6) is 0 Å². The second-order valence-corrected chi connectivity index (χ2v) is 16.7. The predicted molar refractivity (Wildman–Crippen MR) is 95.4 cm³/mol. The van der Waals surface area contributed by atoms with Crippen molar-refractivity contribution < 1.29 is 9.22 Å². The monoisotopic (exact) mass is 318 g/mol. The van der Waals surface area contributed by atoms with E-state index in [0.29, 0.717) is 6.61 Å². The second-order valence-electron chi connectivity index (χ2n) is 7.63. The smallest absolute Gasteiger partial charge is 0.173 e. The van der Waals surface area contributed by atoms with E-state index in [-0.39, 0.29) is 0 Å². The number of hydrogen-bond acceptors (Lipinski definition) is 2. The minimum Gasteiger partial charge on any atom is -0.456 e. The van der Waals surface area contributed by atoms with Gasteiger partial charge < -0.3 is 9.22 Å². The van der Waals surface area contributed by atoms with Gasteiger partial charge in [0.15, 0.2) is 16.6 Å². The van der Waals surface area contributed by atoms with Crippen LogP contribution in [0.25, 0.3) is 0 Å². The van der Waals surface area contributed by atoms with Gasteiger partial charge in [-0.3, -0.25) is 0 Å². The molecule has 0 aromatic heterocycles. The van der Waals surface area contributed by atoms with Gasteiger partial charge in [0.05, 0.1) is 0 Å². The summed E-state index contributed by atoms with van der Waals surface area (Å²) in [5.41, 5.74) is 0. The Bertz CT molecular complexity index is 225. The molecule has 0 aromatic rings. The van der Waals surface area contributed by atoms with E-state index in [2.05, 4.69) is 32.7 Å². The molecule has 0 atom stereocenters. The molecule has 0 rings (SSSR count). The summed E-state index contributed by atoms with van der Waals surface area (Å²) < 4.78 is 6.37. The first-order valence-corrected chi connectivity index (χ1v) is 15.1. The molecule has 0 aromatic carbocycles. The van der Waals surface area contributed by atoms with Crippen LogP contribution in [-0.2, 0) is 4.12 Å². The maximum atomic E-state index is 8.70. The highest BCUT2D eigenvalue weighted by Gasteiger charge is 2.28. The molecule has 0 bridgehead atoms. The number of rotatable bonds is 13. The Kier molecular flexibility index (Phi) is 11.2. The third-order valence-corrected chi connectivity index (χ3v) is 9.74.